The second kappa shape index (κ2) is 13.2. The van der Waals surface area contributed by atoms with E-state index >= 15 is 0 Å². The van der Waals surface area contributed by atoms with Crippen molar-refractivity contribution < 1.29 is 19.0 Å². The zero-order valence-electron chi connectivity index (χ0n) is 21.4. The van der Waals surface area contributed by atoms with Crippen LogP contribution in [0.5, 0.6) is 0 Å². The summed E-state index contributed by atoms with van der Waals surface area (Å²) in [4.78, 5) is 4.31. The maximum atomic E-state index is 11.2. The SMILES string of the molecule is C=CCO[C@H]([C@H](CO[Si](c1ccccc1)(c1ccccc1)C(C)(C)C)OCC=C)[C@@H](O)c1nccs1. The molecule has 36 heavy (non-hydrogen) atoms. The van der Waals surface area contributed by atoms with Gasteiger partial charge in [-0.15, -0.1) is 24.5 Å². The van der Waals surface area contributed by atoms with Gasteiger partial charge in [-0.1, -0.05) is 93.6 Å². The summed E-state index contributed by atoms with van der Waals surface area (Å²) < 4.78 is 19.4. The van der Waals surface area contributed by atoms with Gasteiger partial charge in [0.05, 0.1) is 19.8 Å². The third-order valence-corrected chi connectivity index (χ3v) is 11.9. The van der Waals surface area contributed by atoms with Crippen LogP contribution < -0.4 is 10.4 Å². The number of ether oxygens (including phenoxy) is 2. The summed E-state index contributed by atoms with van der Waals surface area (Å²) in [6.45, 7) is 15.1. The van der Waals surface area contributed by atoms with Crippen molar-refractivity contribution in [3.8, 4) is 0 Å². The number of aliphatic hydroxyl groups excluding tert-OH is 1. The summed E-state index contributed by atoms with van der Waals surface area (Å²) in [5.41, 5.74) is 0. The van der Waals surface area contributed by atoms with Crippen molar-refractivity contribution in [1.29, 1.82) is 0 Å². The van der Waals surface area contributed by atoms with Crippen molar-refractivity contribution in [2.75, 3.05) is 19.8 Å². The highest BCUT2D eigenvalue weighted by molar-refractivity contribution is 7.09. The van der Waals surface area contributed by atoms with Gasteiger partial charge in [-0.05, 0) is 15.4 Å². The molecule has 0 bridgehead atoms. The molecule has 0 amide bonds. The second-order valence-corrected chi connectivity index (χ2v) is 14.8. The highest BCUT2D eigenvalue weighted by Gasteiger charge is 2.51. The standard InChI is InChI=1S/C29H37NO4SSi/c1-6-19-32-25(27(33-20-7-2)26(31)28-30-18-21-35-28)22-34-36(29(3,4)5,23-14-10-8-11-15-23)24-16-12-9-13-17-24/h6-18,21,25-27,31H,1-2,19-20,22H2,3-5H3/t25-,26+,27+/m0/s1. The fourth-order valence-corrected chi connectivity index (χ4v) is 9.73. The van der Waals surface area contributed by atoms with Crippen molar-refractivity contribution in [3.05, 3.63) is 103 Å². The summed E-state index contributed by atoms with van der Waals surface area (Å²) in [5.74, 6) is 0. The Bertz CT molecular complexity index is 1010. The number of hydrogen-bond acceptors (Lipinski definition) is 6. The van der Waals surface area contributed by atoms with Crippen LogP contribution in [-0.4, -0.2) is 50.4 Å². The van der Waals surface area contributed by atoms with Gasteiger partial charge in [-0.2, -0.15) is 0 Å². The molecule has 0 aliphatic rings. The van der Waals surface area contributed by atoms with Gasteiger partial charge in [0.1, 0.15) is 23.3 Å². The molecule has 0 saturated carbocycles. The van der Waals surface area contributed by atoms with Crippen LogP contribution in [0.25, 0.3) is 0 Å². The lowest BCUT2D eigenvalue weighted by Crippen LogP contribution is -2.67. The zero-order chi connectivity index (χ0) is 26.0. The van der Waals surface area contributed by atoms with E-state index in [0.717, 1.165) is 0 Å². The molecule has 3 aromatic rings. The fraction of sp³-hybridized carbons (Fsp3) is 0.345. The average Bonchev–Trinajstić information content (AvgIpc) is 3.42. The van der Waals surface area contributed by atoms with Crippen molar-refractivity contribution in [2.45, 2.75) is 44.1 Å². The number of hydrogen-bond donors (Lipinski definition) is 1. The summed E-state index contributed by atoms with van der Waals surface area (Å²) >= 11 is 1.38. The topological polar surface area (TPSA) is 60.8 Å². The minimum absolute atomic E-state index is 0.190. The van der Waals surface area contributed by atoms with E-state index in [1.54, 1.807) is 18.3 Å². The van der Waals surface area contributed by atoms with Gasteiger partial charge >= 0.3 is 0 Å². The van der Waals surface area contributed by atoms with Gasteiger partial charge < -0.3 is 19.0 Å². The average molecular weight is 524 g/mol. The van der Waals surface area contributed by atoms with E-state index in [1.807, 2.05) is 17.5 Å². The summed E-state index contributed by atoms with van der Waals surface area (Å²) in [5, 5.41) is 15.8. The third kappa shape index (κ3) is 6.48. The van der Waals surface area contributed by atoms with Crippen LogP contribution in [0.4, 0.5) is 0 Å². The molecule has 2 aromatic carbocycles. The first-order valence-electron chi connectivity index (χ1n) is 12.1. The maximum absolute atomic E-state index is 11.2. The van der Waals surface area contributed by atoms with Crippen LogP contribution in [0.1, 0.15) is 31.9 Å². The van der Waals surface area contributed by atoms with E-state index < -0.39 is 26.6 Å². The first-order valence-corrected chi connectivity index (χ1v) is 14.9. The highest BCUT2D eigenvalue weighted by atomic mass is 32.1. The highest BCUT2D eigenvalue weighted by Crippen LogP contribution is 2.37. The molecule has 0 spiro atoms. The quantitative estimate of drug-likeness (QED) is 0.241. The Hall–Kier alpha value is -2.39. The molecule has 192 valence electrons. The van der Waals surface area contributed by atoms with Crippen LogP contribution in [0.2, 0.25) is 5.04 Å². The molecule has 3 atom stereocenters. The summed E-state index contributed by atoms with van der Waals surface area (Å²) in [6.07, 6.45) is 2.79. The molecule has 0 aliphatic carbocycles. The van der Waals surface area contributed by atoms with Crippen molar-refractivity contribution >= 4 is 30.0 Å². The molecule has 5 nitrogen and oxygen atoms in total. The molecule has 1 N–H and O–H groups in total. The largest absolute Gasteiger partial charge is 0.405 e. The molecule has 0 fully saturated rings. The summed E-state index contributed by atoms with van der Waals surface area (Å²) in [6, 6.07) is 20.9. The number of rotatable bonds is 14. The van der Waals surface area contributed by atoms with Crippen LogP contribution in [-0.2, 0) is 13.9 Å². The Morgan fingerprint density at radius 1 is 0.944 bits per heavy atom. The number of nitrogens with zero attached hydrogens (tertiary/aromatic N) is 1. The van der Waals surface area contributed by atoms with Gasteiger partial charge in [0.2, 0.25) is 0 Å². The Morgan fingerprint density at radius 2 is 1.50 bits per heavy atom. The first kappa shape index (κ1) is 28.2. The lowest BCUT2D eigenvalue weighted by Gasteiger charge is -2.44. The van der Waals surface area contributed by atoms with E-state index in [0.29, 0.717) is 11.6 Å². The number of aliphatic hydroxyl groups is 1. The maximum Gasteiger partial charge on any atom is 0.261 e. The predicted molar refractivity (Wildman–Crippen MR) is 151 cm³/mol. The van der Waals surface area contributed by atoms with Crippen molar-refractivity contribution in [1.82, 2.24) is 4.98 Å². The van der Waals surface area contributed by atoms with E-state index in [-0.39, 0.29) is 18.3 Å². The van der Waals surface area contributed by atoms with Gasteiger partial charge in [0.15, 0.2) is 0 Å². The Morgan fingerprint density at radius 3 is 1.97 bits per heavy atom. The van der Waals surface area contributed by atoms with E-state index in [2.05, 4.69) is 87.4 Å². The smallest absolute Gasteiger partial charge is 0.261 e. The van der Waals surface area contributed by atoms with Crippen LogP contribution in [0.3, 0.4) is 0 Å². The molecule has 1 heterocycles. The summed E-state index contributed by atoms with van der Waals surface area (Å²) in [7, 11) is -2.81. The second-order valence-electron chi connectivity index (χ2n) is 9.54. The Kier molecular flexibility index (Phi) is 10.4. The minimum atomic E-state index is -2.81. The van der Waals surface area contributed by atoms with E-state index in [4.69, 9.17) is 13.9 Å². The molecule has 0 aliphatic heterocycles. The molecule has 0 radical (unpaired) electrons. The van der Waals surface area contributed by atoms with E-state index in [1.165, 1.54) is 21.7 Å². The fourth-order valence-electron chi connectivity index (χ4n) is 4.50. The first-order chi connectivity index (χ1) is 17.3. The third-order valence-electron chi connectivity index (χ3n) is 6.10. The van der Waals surface area contributed by atoms with Crippen LogP contribution in [0.15, 0.2) is 97.6 Å². The Balaban J connectivity index is 2.04. The lowest BCUT2D eigenvalue weighted by molar-refractivity contribution is -0.124. The van der Waals surface area contributed by atoms with Gasteiger partial charge in [0.25, 0.3) is 8.32 Å². The molecular formula is C29H37NO4SSi. The number of aromatic nitrogens is 1. The molecular weight excluding hydrogens is 486 g/mol. The number of benzene rings is 2. The van der Waals surface area contributed by atoms with Gasteiger partial charge in [0, 0.05) is 11.6 Å². The van der Waals surface area contributed by atoms with Crippen LogP contribution >= 0.6 is 11.3 Å². The zero-order valence-corrected chi connectivity index (χ0v) is 23.2. The molecule has 1 aromatic heterocycles. The van der Waals surface area contributed by atoms with Gasteiger partial charge in [-0.3, -0.25) is 0 Å². The van der Waals surface area contributed by atoms with E-state index in [9.17, 15) is 5.11 Å². The minimum Gasteiger partial charge on any atom is -0.405 e. The normalized spacial score (nSPS) is 14.7. The molecule has 3 rings (SSSR count). The Labute approximate surface area is 220 Å². The van der Waals surface area contributed by atoms with Crippen molar-refractivity contribution in [2.24, 2.45) is 0 Å². The van der Waals surface area contributed by atoms with Gasteiger partial charge in [-0.25, -0.2) is 4.98 Å². The number of thiazole rings is 1. The molecule has 7 heteroatoms. The molecule has 0 unspecified atom stereocenters. The lowest BCUT2D eigenvalue weighted by atomic mass is 10.1. The monoisotopic (exact) mass is 523 g/mol. The van der Waals surface area contributed by atoms with Crippen molar-refractivity contribution in [3.63, 3.8) is 0 Å². The predicted octanol–water partition coefficient (Wildman–Crippen LogP) is 4.90. The molecule has 0 saturated heterocycles. The van der Waals surface area contributed by atoms with Crippen LogP contribution in [0, 0.1) is 0 Å².